The quantitative estimate of drug-likeness (QED) is 0.874. The second-order valence-corrected chi connectivity index (χ2v) is 4.29. The molecule has 2 N–H and O–H groups in total. The van der Waals surface area contributed by atoms with Crippen LogP contribution in [0.2, 0.25) is 0 Å². The number of hydrogen-bond donors (Lipinski definition) is 2. The second kappa shape index (κ2) is 6.47. The molecule has 1 heterocycles. The Kier molecular flexibility index (Phi) is 4.44. The number of rotatable bonds is 5. The molecule has 5 nitrogen and oxygen atoms in total. The number of pyridine rings is 1. The Hall–Kier alpha value is -2.69. The number of carboxylic acid groups (broad SMARTS) is 1. The number of carbonyl (C=O) groups is 2. The Morgan fingerprint density at radius 2 is 1.90 bits per heavy atom. The number of aryl methyl sites for hydroxylation is 1. The van der Waals surface area contributed by atoms with Crippen LogP contribution in [0.15, 0.2) is 48.8 Å². The van der Waals surface area contributed by atoms with Gasteiger partial charge in [0.25, 0.3) is 0 Å². The number of nitrogens with one attached hydrogen (secondary N) is 1. The topological polar surface area (TPSA) is 79.3 Å². The molecule has 0 saturated heterocycles. The zero-order valence-electron chi connectivity index (χ0n) is 10.7. The number of nitrogens with zero attached hydrogens (tertiary/aromatic N) is 1. The third kappa shape index (κ3) is 3.91. The first-order chi connectivity index (χ1) is 9.65. The fourth-order valence-electron chi connectivity index (χ4n) is 1.72. The molecule has 0 fully saturated rings. The van der Waals surface area contributed by atoms with E-state index in [1.807, 2.05) is 12.1 Å². The van der Waals surface area contributed by atoms with Crippen molar-refractivity contribution in [2.24, 2.45) is 0 Å². The van der Waals surface area contributed by atoms with E-state index < -0.39 is 5.97 Å². The molecule has 0 aliphatic carbocycles. The molecular formula is C15H14N2O3. The third-order valence-corrected chi connectivity index (χ3v) is 2.78. The maximum absolute atomic E-state index is 11.8. The van der Waals surface area contributed by atoms with Crippen LogP contribution in [-0.2, 0) is 11.2 Å². The van der Waals surface area contributed by atoms with Crippen LogP contribution in [0.1, 0.15) is 22.3 Å². The molecule has 2 rings (SSSR count). The molecular weight excluding hydrogens is 256 g/mol. The number of aromatic carboxylic acids is 1. The van der Waals surface area contributed by atoms with Crippen LogP contribution in [0.4, 0.5) is 5.69 Å². The lowest BCUT2D eigenvalue weighted by Crippen LogP contribution is -2.12. The van der Waals surface area contributed by atoms with E-state index in [1.54, 1.807) is 24.5 Å². The van der Waals surface area contributed by atoms with Gasteiger partial charge in [-0.15, -0.1) is 0 Å². The first-order valence-corrected chi connectivity index (χ1v) is 6.17. The zero-order chi connectivity index (χ0) is 14.4. The van der Waals surface area contributed by atoms with Gasteiger partial charge in [0.1, 0.15) is 0 Å². The first-order valence-electron chi connectivity index (χ1n) is 6.17. The Balaban J connectivity index is 1.86. The van der Waals surface area contributed by atoms with Gasteiger partial charge in [-0.2, -0.15) is 0 Å². The number of hydrogen-bond acceptors (Lipinski definition) is 3. The highest BCUT2D eigenvalue weighted by Crippen LogP contribution is 2.10. The van der Waals surface area contributed by atoms with Crippen LogP contribution < -0.4 is 5.32 Å². The molecule has 0 spiro atoms. The molecule has 0 bridgehead atoms. The van der Waals surface area contributed by atoms with Gasteiger partial charge >= 0.3 is 5.97 Å². The van der Waals surface area contributed by atoms with Crippen molar-refractivity contribution in [3.63, 3.8) is 0 Å². The SMILES string of the molecule is O=C(CCc1cccnc1)Nc1ccc(C(=O)O)cc1. The minimum atomic E-state index is -0.987. The largest absolute Gasteiger partial charge is 0.478 e. The molecule has 5 heteroatoms. The van der Waals surface area contributed by atoms with E-state index in [9.17, 15) is 9.59 Å². The summed E-state index contributed by atoms with van der Waals surface area (Å²) < 4.78 is 0. The Bertz CT molecular complexity index is 594. The summed E-state index contributed by atoms with van der Waals surface area (Å²) in [4.78, 5) is 26.4. The lowest BCUT2D eigenvalue weighted by molar-refractivity contribution is -0.116. The molecule has 2 aromatic rings. The molecule has 1 aromatic carbocycles. The van der Waals surface area contributed by atoms with Crippen LogP contribution in [-0.4, -0.2) is 22.0 Å². The maximum atomic E-state index is 11.8. The highest BCUT2D eigenvalue weighted by atomic mass is 16.4. The fraction of sp³-hybridized carbons (Fsp3) is 0.133. The predicted molar refractivity (Wildman–Crippen MR) is 74.6 cm³/mol. The van der Waals surface area contributed by atoms with E-state index in [2.05, 4.69) is 10.3 Å². The smallest absolute Gasteiger partial charge is 0.335 e. The Labute approximate surface area is 116 Å². The molecule has 1 aromatic heterocycles. The van der Waals surface area contributed by atoms with Gasteiger partial charge in [0, 0.05) is 24.5 Å². The van der Waals surface area contributed by atoms with Crippen molar-refractivity contribution in [1.82, 2.24) is 4.98 Å². The molecule has 0 aliphatic heterocycles. The highest BCUT2D eigenvalue weighted by Gasteiger charge is 2.05. The lowest BCUT2D eigenvalue weighted by Gasteiger charge is -2.05. The molecule has 0 saturated carbocycles. The minimum Gasteiger partial charge on any atom is -0.478 e. The van der Waals surface area contributed by atoms with Crippen molar-refractivity contribution in [1.29, 1.82) is 0 Å². The van der Waals surface area contributed by atoms with E-state index in [1.165, 1.54) is 12.1 Å². The van der Waals surface area contributed by atoms with Crippen molar-refractivity contribution in [3.05, 3.63) is 59.9 Å². The van der Waals surface area contributed by atoms with Gasteiger partial charge in [0.2, 0.25) is 5.91 Å². The van der Waals surface area contributed by atoms with Crippen molar-refractivity contribution in [3.8, 4) is 0 Å². The fourth-order valence-corrected chi connectivity index (χ4v) is 1.72. The number of carbonyl (C=O) groups excluding carboxylic acids is 1. The van der Waals surface area contributed by atoms with E-state index in [0.29, 0.717) is 18.5 Å². The summed E-state index contributed by atoms with van der Waals surface area (Å²) >= 11 is 0. The van der Waals surface area contributed by atoms with E-state index in [-0.39, 0.29) is 11.5 Å². The number of benzene rings is 1. The van der Waals surface area contributed by atoms with Crippen LogP contribution >= 0.6 is 0 Å². The normalized spacial score (nSPS) is 10.0. The van der Waals surface area contributed by atoms with E-state index in [0.717, 1.165) is 5.56 Å². The zero-order valence-corrected chi connectivity index (χ0v) is 10.7. The van der Waals surface area contributed by atoms with Gasteiger partial charge in [-0.1, -0.05) is 6.07 Å². The standard InChI is InChI=1S/C15H14N2O3/c18-14(8-3-11-2-1-9-16-10-11)17-13-6-4-12(5-7-13)15(19)20/h1-2,4-7,9-10H,3,8H2,(H,17,18)(H,19,20). The van der Waals surface area contributed by atoms with E-state index in [4.69, 9.17) is 5.11 Å². The van der Waals surface area contributed by atoms with Crippen molar-refractivity contribution < 1.29 is 14.7 Å². The van der Waals surface area contributed by atoms with Crippen molar-refractivity contribution in [2.75, 3.05) is 5.32 Å². The number of aromatic nitrogens is 1. The summed E-state index contributed by atoms with van der Waals surface area (Å²) in [6.07, 6.45) is 4.39. The monoisotopic (exact) mass is 270 g/mol. The van der Waals surface area contributed by atoms with Gasteiger partial charge in [-0.3, -0.25) is 9.78 Å². The number of anilines is 1. The molecule has 0 aliphatic rings. The van der Waals surface area contributed by atoms with Gasteiger partial charge in [0.05, 0.1) is 5.56 Å². The average molecular weight is 270 g/mol. The average Bonchev–Trinajstić information content (AvgIpc) is 2.47. The van der Waals surface area contributed by atoms with Gasteiger partial charge in [-0.05, 0) is 42.3 Å². The Morgan fingerprint density at radius 1 is 1.15 bits per heavy atom. The minimum absolute atomic E-state index is 0.114. The van der Waals surface area contributed by atoms with Crippen LogP contribution in [0.25, 0.3) is 0 Å². The summed E-state index contributed by atoms with van der Waals surface area (Å²) in [6, 6.07) is 9.81. The lowest BCUT2D eigenvalue weighted by atomic mass is 10.1. The van der Waals surface area contributed by atoms with Gasteiger partial charge in [0.15, 0.2) is 0 Å². The summed E-state index contributed by atoms with van der Waals surface area (Å²) in [5.41, 5.74) is 1.79. The number of amides is 1. The summed E-state index contributed by atoms with van der Waals surface area (Å²) in [5, 5.41) is 11.5. The molecule has 102 valence electrons. The summed E-state index contributed by atoms with van der Waals surface area (Å²) in [6.45, 7) is 0. The second-order valence-electron chi connectivity index (χ2n) is 4.29. The predicted octanol–water partition coefficient (Wildman–Crippen LogP) is 2.35. The molecule has 0 unspecified atom stereocenters. The molecule has 20 heavy (non-hydrogen) atoms. The summed E-state index contributed by atoms with van der Waals surface area (Å²) in [5.74, 6) is -1.10. The van der Waals surface area contributed by atoms with Crippen LogP contribution in [0.3, 0.4) is 0 Å². The first kappa shape index (κ1) is 13.7. The molecule has 1 amide bonds. The van der Waals surface area contributed by atoms with Crippen LogP contribution in [0.5, 0.6) is 0 Å². The number of carboxylic acids is 1. The van der Waals surface area contributed by atoms with Gasteiger partial charge < -0.3 is 10.4 Å². The highest BCUT2D eigenvalue weighted by molar-refractivity contribution is 5.92. The van der Waals surface area contributed by atoms with E-state index >= 15 is 0 Å². The molecule has 0 atom stereocenters. The van der Waals surface area contributed by atoms with Crippen molar-refractivity contribution in [2.45, 2.75) is 12.8 Å². The summed E-state index contributed by atoms with van der Waals surface area (Å²) in [7, 11) is 0. The molecule has 0 radical (unpaired) electrons. The van der Waals surface area contributed by atoms with Gasteiger partial charge in [-0.25, -0.2) is 4.79 Å². The Morgan fingerprint density at radius 3 is 2.50 bits per heavy atom. The maximum Gasteiger partial charge on any atom is 0.335 e. The van der Waals surface area contributed by atoms with Crippen LogP contribution in [0, 0.1) is 0 Å². The van der Waals surface area contributed by atoms with Crippen molar-refractivity contribution >= 4 is 17.6 Å². The third-order valence-electron chi connectivity index (χ3n) is 2.78.